The van der Waals surface area contributed by atoms with Gasteiger partial charge < -0.3 is 14.6 Å². The number of rotatable bonds is 6. The number of benzene rings is 2. The molecule has 0 spiro atoms. The van der Waals surface area contributed by atoms with Crippen molar-refractivity contribution in [2.75, 3.05) is 26.8 Å². The van der Waals surface area contributed by atoms with E-state index < -0.39 is 0 Å². The molecule has 23 heavy (non-hydrogen) atoms. The lowest BCUT2D eigenvalue weighted by atomic mass is 10.0. The van der Waals surface area contributed by atoms with Crippen LogP contribution in [0.3, 0.4) is 0 Å². The second-order valence-corrected chi connectivity index (χ2v) is 5.76. The average Bonchev–Trinajstić information content (AvgIpc) is 3.05. The average molecular weight is 313 g/mol. The number of hydrogen-bond acceptors (Lipinski definition) is 4. The topological polar surface area (TPSA) is 41.9 Å². The van der Waals surface area contributed by atoms with Gasteiger partial charge in [-0.15, -0.1) is 0 Å². The summed E-state index contributed by atoms with van der Waals surface area (Å²) in [7, 11) is 1.65. The van der Waals surface area contributed by atoms with Crippen molar-refractivity contribution < 1.29 is 14.6 Å². The van der Waals surface area contributed by atoms with E-state index in [-0.39, 0.29) is 6.61 Å². The van der Waals surface area contributed by atoms with Gasteiger partial charge in [0.15, 0.2) is 0 Å². The number of methoxy groups -OCH3 is 1. The molecule has 1 atom stereocenters. The number of hydrogen-bond donors (Lipinski definition) is 1. The molecule has 4 nitrogen and oxygen atoms in total. The number of aliphatic hydroxyl groups is 1. The van der Waals surface area contributed by atoms with Crippen molar-refractivity contribution in [2.24, 2.45) is 0 Å². The van der Waals surface area contributed by atoms with Crippen LogP contribution in [0, 0.1) is 0 Å². The Kier molecular flexibility index (Phi) is 5.16. The normalized spacial score (nSPS) is 18.1. The van der Waals surface area contributed by atoms with Gasteiger partial charge in [0.05, 0.1) is 13.7 Å². The molecule has 1 unspecified atom stereocenters. The zero-order valence-corrected chi connectivity index (χ0v) is 13.4. The van der Waals surface area contributed by atoms with E-state index in [2.05, 4.69) is 17.0 Å². The van der Waals surface area contributed by atoms with Crippen molar-refractivity contribution in [3.8, 4) is 17.2 Å². The number of likely N-dealkylation sites (tertiary alicyclic amines) is 1. The fourth-order valence-corrected chi connectivity index (χ4v) is 3.14. The van der Waals surface area contributed by atoms with Crippen molar-refractivity contribution in [1.29, 1.82) is 0 Å². The van der Waals surface area contributed by atoms with E-state index in [0.29, 0.717) is 6.04 Å². The zero-order valence-electron chi connectivity index (χ0n) is 13.4. The largest absolute Gasteiger partial charge is 0.497 e. The summed E-state index contributed by atoms with van der Waals surface area (Å²) in [6, 6.07) is 16.2. The lowest BCUT2D eigenvalue weighted by molar-refractivity contribution is 0.185. The molecular formula is C19H23NO3. The van der Waals surface area contributed by atoms with Gasteiger partial charge in [-0.25, -0.2) is 0 Å². The number of aliphatic hydroxyl groups excluding tert-OH is 1. The Bertz CT molecular complexity index is 610. The summed E-state index contributed by atoms with van der Waals surface area (Å²) in [6.07, 6.45) is 2.34. The van der Waals surface area contributed by atoms with Crippen molar-refractivity contribution in [3.05, 3.63) is 54.1 Å². The number of ether oxygens (including phenoxy) is 2. The van der Waals surface area contributed by atoms with Crippen LogP contribution in [0.5, 0.6) is 17.2 Å². The van der Waals surface area contributed by atoms with Crippen LogP contribution in [0.4, 0.5) is 0 Å². The highest BCUT2D eigenvalue weighted by Crippen LogP contribution is 2.33. The van der Waals surface area contributed by atoms with Crippen LogP contribution in [-0.4, -0.2) is 36.8 Å². The minimum atomic E-state index is 0.217. The van der Waals surface area contributed by atoms with Gasteiger partial charge >= 0.3 is 0 Å². The Hall–Kier alpha value is -2.04. The van der Waals surface area contributed by atoms with Gasteiger partial charge in [0.2, 0.25) is 0 Å². The predicted octanol–water partition coefficient (Wildman–Crippen LogP) is 3.62. The molecule has 0 radical (unpaired) electrons. The highest BCUT2D eigenvalue weighted by atomic mass is 16.5. The van der Waals surface area contributed by atoms with Crippen LogP contribution in [-0.2, 0) is 0 Å². The van der Waals surface area contributed by atoms with Crippen molar-refractivity contribution in [2.45, 2.75) is 18.9 Å². The molecule has 0 aliphatic carbocycles. The Labute approximate surface area is 137 Å². The van der Waals surface area contributed by atoms with Crippen LogP contribution >= 0.6 is 0 Å². The monoisotopic (exact) mass is 313 g/mol. The van der Waals surface area contributed by atoms with Gasteiger partial charge in [-0.05, 0) is 61.3 Å². The fraction of sp³-hybridized carbons (Fsp3) is 0.368. The molecular weight excluding hydrogens is 290 g/mol. The summed E-state index contributed by atoms with van der Waals surface area (Å²) in [6.45, 7) is 2.03. The third-order valence-electron chi connectivity index (χ3n) is 4.31. The zero-order chi connectivity index (χ0) is 16.1. The first kappa shape index (κ1) is 15.8. The Morgan fingerprint density at radius 3 is 2.22 bits per heavy atom. The van der Waals surface area contributed by atoms with E-state index in [0.717, 1.165) is 36.8 Å². The molecule has 0 aromatic heterocycles. The molecule has 1 saturated heterocycles. The standard InChI is InChI=1S/C19H23NO3/c1-22-16-8-10-18(11-9-16)23-17-6-4-15(5-7-17)19-3-2-12-20(19)13-14-21/h4-11,19,21H,2-3,12-14H2,1H3. The quantitative estimate of drug-likeness (QED) is 0.884. The first-order chi connectivity index (χ1) is 11.3. The van der Waals surface area contributed by atoms with Gasteiger partial charge in [-0.2, -0.15) is 0 Å². The molecule has 0 amide bonds. The molecule has 122 valence electrons. The van der Waals surface area contributed by atoms with Crippen molar-refractivity contribution >= 4 is 0 Å². The summed E-state index contributed by atoms with van der Waals surface area (Å²) in [4.78, 5) is 2.35. The first-order valence-electron chi connectivity index (χ1n) is 8.07. The van der Waals surface area contributed by atoms with Crippen LogP contribution in [0.15, 0.2) is 48.5 Å². The Balaban J connectivity index is 1.66. The van der Waals surface area contributed by atoms with Gasteiger partial charge in [-0.1, -0.05) is 12.1 Å². The van der Waals surface area contributed by atoms with Gasteiger partial charge in [0, 0.05) is 12.6 Å². The second-order valence-electron chi connectivity index (χ2n) is 5.76. The summed E-state index contributed by atoms with van der Waals surface area (Å²) >= 11 is 0. The van der Waals surface area contributed by atoms with Crippen LogP contribution in [0.25, 0.3) is 0 Å². The second kappa shape index (κ2) is 7.49. The molecule has 1 aliphatic rings. The highest BCUT2D eigenvalue weighted by molar-refractivity contribution is 5.37. The van der Waals surface area contributed by atoms with E-state index in [4.69, 9.17) is 14.6 Å². The number of nitrogens with zero attached hydrogens (tertiary/aromatic N) is 1. The predicted molar refractivity (Wildman–Crippen MR) is 90.1 cm³/mol. The molecule has 0 bridgehead atoms. The maximum atomic E-state index is 9.17. The summed E-state index contributed by atoms with van der Waals surface area (Å²) in [5, 5.41) is 9.17. The van der Waals surface area contributed by atoms with Crippen LogP contribution < -0.4 is 9.47 Å². The Morgan fingerprint density at radius 1 is 1.00 bits per heavy atom. The molecule has 1 aliphatic heterocycles. The molecule has 0 saturated carbocycles. The van der Waals surface area contributed by atoms with Crippen molar-refractivity contribution in [1.82, 2.24) is 4.90 Å². The SMILES string of the molecule is COc1ccc(Oc2ccc(C3CCCN3CCO)cc2)cc1. The third-order valence-corrected chi connectivity index (χ3v) is 4.31. The smallest absolute Gasteiger partial charge is 0.127 e. The van der Waals surface area contributed by atoms with Gasteiger partial charge in [0.25, 0.3) is 0 Å². The van der Waals surface area contributed by atoms with Gasteiger partial charge in [-0.3, -0.25) is 4.90 Å². The molecule has 1 N–H and O–H groups in total. The molecule has 4 heteroatoms. The lowest BCUT2D eigenvalue weighted by Crippen LogP contribution is -2.26. The molecule has 3 rings (SSSR count). The molecule has 2 aromatic rings. The highest BCUT2D eigenvalue weighted by Gasteiger charge is 2.25. The molecule has 1 heterocycles. The van der Waals surface area contributed by atoms with E-state index in [1.54, 1.807) is 7.11 Å². The number of β-amino-alcohol motifs (C(OH)–C–C–N with tert-alkyl or cyclic N) is 1. The lowest BCUT2D eigenvalue weighted by Gasteiger charge is -2.24. The van der Waals surface area contributed by atoms with Crippen LogP contribution in [0.1, 0.15) is 24.4 Å². The minimum absolute atomic E-state index is 0.217. The van der Waals surface area contributed by atoms with Crippen LogP contribution in [0.2, 0.25) is 0 Å². The Morgan fingerprint density at radius 2 is 1.61 bits per heavy atom. The van der Waals surface area contributed by atoms with E-state index >= 15 is 0 Å². The third kappa shape index (κ3) is 3.84. The summed E-state index contributed by atoms with van der Waals surface area (Å²) < 4.78 is 11.0. The molecule has 1 fully saturated rings. The minimum Gasteiger partial charge on any atom is -0.497 e. The van der Waals surface area contributed by atoms with E-state index in [1.807, 2.05) is 36.4 Å². The summed E-state index contributed by atoms with van der Waals surface area (Å²) in [5.41, 5.74) is 1.29. The van der Waals surface area contributed by atoms with Crippen molar-refractivity contribution in [3.63, 3.8) is 0 Å². The van der Waals surface area contributed by atoms with E-state index in [9.17, 15) is 0 Å². The molecule has 2 aromatic carbocycles. The van der Waals surface area contributed by atoms with Gasteiger partial charge in [0.1, 0.15) is 17.2 Å². The first-order valence-corrected chi connectivity index (χ1v) is 8.07. The summed E-state index contributed by atoms with van der Waals surface area (Å²) in [5.74, 6) is 2.44. The van der Waals surface area contributed by atoms with E-state index in [1.165, 1.54) is 12.0 Å². The maximum Gasteiger partial charge on any atom is 0.127 e. The fourth-order valence-electron chi connectivity index (χ4n) is 3.14. The maximum absolute atomic E-state index is 9.17.